The molecule has 8 heteroatoms. The number of carbonyl (C=O) groups is 1. The van der Waals surface area contributed by atoms with Gasteiger partial charge in [-0.05, 0) is 48.5 Å². The molecule has 0 fully saturated rings. The van der Waals surface area contributed by atoms with E-state index < -0.39 is 0 Å². The van der Waals surface area contributed by atoms with Crippen molar-refractivity contribution in [2.45, 2.75) is 0 Å². The number of hydrogen-bond donors (Lipinski definition) is 1. The summed E-state index contributed by atoms with van der Waals surface area (Å²) in [5.41, 5.74) is 3.03. The highest BCUT2D eigenvalue weighted by atomic mass is 32.1. The lowest BCUT2D eigenvalue weighted by atomic mass is 10.1. The van der Waals surface area contributed by atoms with Gasteiger partial charge in [-0.15, -0.1) is 0 Å². The van der Waals surface area contributed by atoms with Crippen LogP contribution in [0.15, 0.2) is 114 Å². The van der Waals surface area contributed by atoms with Crippen LogP contribution in [0.2, 0.25) is 0 Å². The van der Waals surface area contributed by atoms with Crippen molar-refractivity contribution in [3.05, 3.63) is 125 Å². The number of rotatable bonds is 6. The Morgan fingerprint density at radius 1 is 0.821 bits per heavy atom. The number of methoxy groups -OCH3 is 1. The Kier molecular flexibility index (Phi) is 6.44. The second kappa shape index (κ2) is 10.4. The van der Waals surface area contributed by atoms with Gasteiger partial charge in [-0.25, -0.2) is 9.97 Å². The van der Waals surface area contributed by atoms with E-state index in [0.717, 1.165) is 5.56 Å². The Morgan fingerprint density at radius 2 is 1.49 bits per heavy atom. The van der Waals surface area contributed by atoms with Crippen molar-refractivity contribution in [2.24, 2.45) is 0 Å². The molecule has 7 nitrogen and oxygen atoms in total. The van der Waals surface area contributed by atoms with Gasteiger partial charge in [0, 0.05) is 11.1 Å². The second-order valence-corrected chi connectivity index (χ2v) is 9.67. The molecule has 2 heterocycles. The fourth-order valence-corrected chi connectivity index (χ4v) is 5.29. The number of ether oxygens (including phenoxy) is 1. The number of aromatic nitrogens is 3. The Hall–Kier alpha value is -5.08. The fraction of sp³-hybridized carbons (Fsp3) is 0.0323. The van der Waals surface area contributed by atoms with E-state index >= 15 is 0 Å². The molecular weight excluding hydrogens is 508 g/mol. The van der Waals surface area contributed by atoms with Crippen LogP contribution in [0.25, 0.3) is 38.5 Å². The van der Waals surface area contributed by atoms with Crippen LogP contribution in [0.4, 0.5) is 5.13 Å². The number of nitrogens with one attached hydrogen (secondary N) is 1. The van der Waals surface area contributed by atoms with Crippen LogP contribution in [0, 0.1) is 0 Å². The van der Waals surface area contributed by atoms with Gasteiger partial charge < -0.3 is 4.74 Å². The standard InChI is InChI=1S/C31H22N4O3S/c1-38-23-18-16-21(17-19-23)29(36)34-31-33-26(20-10-4-2-5-11-20)27(39-31)28-32-25-15-9-8-14-24(25)30(37)35(28)22-12-6-3-7-13-22/h2-19H,1H3,(H,33,34,36). The molecule has 0 bridgehead atoms. The van der Waals surface area contributed by atoms with Gasteiger partial charge in [-0.2, -0.15) is 0 Å². The molecule has 6 aromatic rings. The summed E-state index contributed by atoms with van der Waals surface area (Å²) in [6.07, 6.45) is 0. The molecule has 0 saturated heterocycles. The first kappa shape index (κ1) is 24.3. The molecule has 0 radical (unpaired) electrons. The van der Waals surface area contributed by atoms with Gasteiger partial charge in [-0.1, -0.05) is 72.0 Å². The molecule has 0 saturated carbocycles. The number of fused-ring (bicyclic) bond motifs is 1. The molecule has 1 amide bonds. The van der Waals surface area contributed by atoms with Gasteiger partial charge in [0.25, 0.3) is 11.5 Å². The van der Waals surface area contributed by atoms with Crippen molar-refractivity contribution < 1.29 is 9.53 Å². The van der Waals surface area contributed by atoms with Gasteiger partial charge in [-0.3, -0.25) is 19.5 Å². The van der Waals surface area contributed by atoms with Crippen LogP contribution < -0.4 is 15.6 Å². The Labute approximate surface area is 228 Å². The van der Waals surface area contributed by atoms with Gasteiger partial charge in [0.05, 0.1) is 29.4 Å². The number of anilines is 1. The lowest BCUT2D eigenvalue weighted by Crippen LogP contribution is -2.21. The average Bonchev–Trinajstić information content (AvgIpc) is 3.41. The van der Waals surface area contributed by atoms with E-state index in [4.69, 9.17) is 14.7 Å². The van der Waals surface area contributed by atoms with Gasteiger partial charge in [0.1, 0.15) is 10.6 Å². The maximum atomic E-state index is 13.8. The Balaban J connectivity index is 1.54. The van der Waals surface area contributed by atoms with Crippen LogP contribution in [0.1, 0.15) is 10.4 Å². The van der Waals surface area contributed by atoms with Crippen molar-refractivity contribution >= 4 is 33.3 Å². The van der Waals surface area contributed by atoms with Crippen LogP contribution in [0.5, 0.6) is 5.75 Å². The van der Waals surface area contributed by atoms with Crippen LogP contribution >= 0.6 is 11.3 Å². The highest BCUT2D eigenvalue weighted by Crippen LogP contribution is 2.39. The van der Waals surface area contributed by atoms with Crippen molar-refractivity contribution in [3.63, 3.8) is 0 Å². The minimum absolute atomic E-state index is 0.182. The summed E-state index contributed by atoms with van der Waals surface area (Å²) >= 11 is 1.27. The van der Waals surface area contributed by atoms with E-state index in [-0.39, 0.29) is 11.5 Å². The quantitative estimate of drug-likeness (QED) is 0.268. The monoisotopic (exact) mass is 530 g/mol. The van der Waals surface area contributed by atoms with Crippen LogP contribution in [-0.2, 0) is 0 Å². The molecule has 0 aliphatic carbocycles. The predicted molar refractivity (Wildman–Crippen MR) is 155 cm³/mol. The number of benzene rings is 4. The molecule has 4 aromatic carbocycles. The number of nitrogens with zero attached hydrogens (tertiary/aromatic N) is 3. The summed E-state index contributed by atoms with van der Waals surface area (Å²) in [5.74, 6) is 0.811. The highest BCUT2D eigenvalue weighted by Gasteiger charge is 2.23. The normalized spacial score (nSPS) is 10.9. The Bertz CT molecular complexity index is 1850. The summed E-state index contributed by atoms with van der Waals surface area (Å²) in [7, 11) is 1.58. The third kappa shape index (κ3) is 4.69. The van der Waals surface area contributed by atoms with E-state index in [2.05, 4.69) is 5.32 Å². The van der Waals surface area contributed by atoms with E-state index in [1.54, 1.807) is 42.0 Å². The maximum absolute atomic E-state index is 13.8. The first-order chi connectivity index (χ1) is 19.1. The van der Waals surface area contributed by atoms with Gasteiger partial charge in [0.2, 0.25) is 0 Å². The number of amides is 1. The Morgan fingerprint density at radius 3 is 2.21 bits per heavy atom. The minimum Gasteiger partial charge on any atom is -0.497 e. The second-order valence-electron chi connectivity index (χ2n) is 8.67. The van der Waals surface area contributed by atoms with Gasteiger partial charge >= 0.3 is 0 Å². The number of carbonyl (C=O) groups excluding carboxylic acids is 1. The van der Waals surface area contributed by atoms with Crippen molar-refractivity contribution in [2.75, 3.05) is 12.4 Å². The predicted octanol–water partition coefficient (Wildman–Crippen LogP) is 6.44. The van der Waals surface area contributed by atoms with E-state index in [0.29, 0.717) is 49.4 Å². The zero-order valence-electron chi connectivity index (χ0n) is 20.9. The first-order valence-electron chi connectivity index (χ1n) is 12.2. The molecule has 0 aliphatic heterocycles. The summed E-state index contributed by atoms with van der Waals surface area (Å²) in [4.78, 5) is 37.3. The number of para-hydroxylation sites is 2. The fourth-order valence-electron chi connectivity index (χ4n) is 4.33. The molecule has 190 valence electrons. The van der Waals surface area contributed by atoms with Crippen molar-refractivity contribution in [1.29, 1.82) is 0 Å². The molecule has 0 aliphatic rings. The summed E-state index contributed by atoms with van der Waals surface area (Å²) in [6.45, 7) is 0. The molecule has 6 rings (SSSR count). The molecular formula is C31H22N4O3S. The molecule has 2 aromatic heterocycles. The molecule has 39 heavy (non-hydrogen) atoms. The minimum atomic E-state index is -0.301. The van der Waals surface area contributed by atoms with Gasteiger partial charge in [0.15, 0.2) is 11.0 Å². The lowest BCUT2D eigenvalue weighted by Gasteiger charge is -2.13. The SMILES string of the molecule is COc1ccc(C(=O)Nc2nc(-c3ccccc3)c(-c3nc4ccccc4c(=O)n3-c3ccccc3)s2)cc1. The smallest absolute Gasteiger partial charge is 0.266 e. The average molecular weight is 531 g/mol. The van der Waals surface area contributed by atoms with E-state index in [1.165, 1.54) is 11.3 Å². The van der Waals surface area contributed by atoms with Crippen molar-refractivity contribution in [1.82, 2.24) is 14.5 Å². The third-order valence-corrected chi connectivity index (χ3v) is 7.21. The third-order valence-electron chi connectivity index (χ3n) is 6.24. The van der Waals surface area contributed by atoms with E-state index in [9.17, 15) is 9.59 Å². The summed E-state index contributed by atoms with van der Waals surface area (Å²) < 4.78 is 6.80. The number of hydrogen-bond acceptors (Lipinski definition) is 6. The topological polar surface area (TPSA) is 86.1 Å². The molecule has 0 atom stereocenters. The summed E-state index contributed by atoms with van der Waals surface area (Å²) in [6, 6.07) is 33.2. The maximum Gasteiger partial charge on any atom is 0.266 e. The zero-order valence-corrected chi connectivity index (χ0v) is 21.7. The van der Waals surface area contributed by atoms with Crippen LogP contribution in [0.3, 0.4) is 0 Å². The van der Waals surface area contributed by atoms with Crippen LogP contribution in [-0.4, -0.2) is 27.6 Å². The zero-order chi connectivity index (χ0) is 26.8. The summed E-state index contributed by atoms with van der Waals surface area (Å²) in [5, 5.41) is 3.83. The first-order valence-corrected chi connectivity index (χ1v) is 13.0. The number of thiazole rings is 1. The molecule has 0 spiro atoms. The largest absolute Gasteiger partial charge is 0.497 e. The molecule has 0 unspecified atom stereocenters. The van der Waals surface area contributed by atoms with Crippen molar-refractivity contribution in [3.8, 4) is 33.4 Å². The molecule has 1 N–H and O–H groups in total. The highest BCUT2D eigenvalue weighted by molar-refractivity contribution is 7.19. The lowest BCUT2D eigenvalue weighted by molar-refractivity contribution is 0.102. The van der Waals surface area contributed by atoms with E-state index in [1.807, 2.05) is 78.9 Å².